The van der Waals surface area contributed by atoms with Crippen LogP contribution in [0.3, 0.4) is 0 Å². The van der Waals surface area contributed by atoms with Gasteiger partial charge in [0.2, 0.25) is 0 Å². The summed E-state index contributed by atoms with van der Waals surface area (Å²) < 4.78 is 23.9. The van der Waals surface area contributed by atoms with Crippen LogP contribution in [0.15, 0.2) is 11.1 Å². The summed E-state index contributed by atoms with van der Waals surface area (Å²) in [5.74, 6) is -3.04. The summed E-state index contributed by atoms with van der Waals surface area (Å²) in [6.45, 7) is 18.1. The fourth-order valence-electron chi connectivity index (χ4n) is 9.29. The first kappa shape index (κ1) is 31.6. The molecule has 2 bridgehead atoms. The maximum atomic E-state index is 14.8. The Morgan fingerprint density at radius 3 is 2.17 bits per heavy atom. The zero-order chi connectivity index (χ0) is 31.5. The van der Waals surface area contributed by atoms with Gasteiger partial charge in [0.1, 0.15) is 17.4 Å². The van der Waals surface area contributed by atoms with E-state index in [1.54, 1.807) is 6.92 Å². The molecule has 2 saturated heterocycles. The van der Waals surface area contributed by atoms with E-state index in [2.05, 4.69) is 0 Å². The summed E-state index contributed by atoms with van der Waals surface area (Å²) in [5.41, 5.74) is -4.74. The molecule has 0 aromatic rings. The van der Waals surface area contributed by atoms with Crippen LogP contribution in [0.25, 0.3) is 0 Å². The van der Waals surface area contributed by atoms with Gasteiger partial charge < -0.3 is 29.2 Å². The number of hydrogen-bond acceptors (Lipinski definition) is 10. The van der Waals surface area contributed by atoms with Crippen LogP contribution in [0.1, 0.15) is 82.1 Å². The van der Waals surface area contributed by atoms with Crippen molar-refractivity contribution in [3.63, 3.8) is 0 Å². The molecule has 0 amide bonds. The number of carbonyl (C=O) groups is 3. The van der Waals surface area contributed by atoms with Crippen LogP contribution in [0.2, 0.25) is 0 Å². The molecule has 3 aliphatic carbocycles. The predicted octanol–water partition coefficient (Wildman–Crippen LogP) is 2.77. The zero-order valence-electron chi connectivity index (χ0n) is 26.9. The van der Waals surface area contributed by atoms with Gasteiger partial charge in [-0.15, -0.1) is 0 Å². The van der Waals surface area contributed by atoms with Crippen molar-refractivity contribution in [2.45, 2.75) is 129 Å². The molecule has 5 rings (SSSR count). The zero-order valence-corrected chi connectivity index (χ0v) is 26.9. The molecule has 0 aromatic heterocycles. The summed E-state index contributed by atoms with van der Waals surface area (Å²) in [4.78, 5) is 43.0. The average Bonchev–Trinajstić information content (AvgIpc) is 3.09. The number of esters is 2. The lowest BCUT2D eigenvalue weighted by molar-refractivity contribution is -0.329. The van der Waals surface area contributed by atoms with Gasteiger partial charge in [-0.05, 0) is 64.1 Å². The number of ether oxygens (including phenoxy) is 4. The van der Waals surface area contributed by atoms with Gasteiger partial charge in [0.15, 0.2) is 18.0 Å². The Hall–Kier alpha value is -1.85. The van der Waals surface area contributed by atoms with Crippen molar-refractivity contribution in [2.75, 3.05) is 13.7 Å². The van der Waals surface area contributed by atoms with Crippen molar-refractivity contribution in [3.05, 3.63) is 11.1 Å². The number of aliphatic hydroxyl groups is 2. The molecule has 5 aliphatic rings. The topological polar surface area (TPSA) is 132 Å². The highest BCUT2D eigenvalue weighted by molar-refractivity contribution is 5.94. The maximum absolute atomic E-state index is 14.8. The molecule has 10 heteroatoms. The Balaban J connectivity index is 1.66. The van der Waals surface area contributed by atoms with Crippen LogP contribution in [0.5, 0.6) is 0 Å². The summed E-state index contributed by atoms with van der Waals surface area (Å²) in [7, 11) is 1.89. The molecule has 2 saturated carbocycles. The number of likely N-dealkylation sites (N-methyl/N-ethyl adjacent to an activating group) is 1. The fourth-order valence-corrected chi connectivity index (χ4v) is 9.29. The van der Waals surface area contributed by atoms with Gasteiger partial charge in [-0.25, -0.2) is 4.79 Å². The van der Waals surface area contributed by atoms with E-state index in [0.29, 0.717) is 17.6 Å². The van der Waals surface area contributed by atoms with Crippen LogP contribution in [0.4, 0.5) is 0 Å². The Morgan fingerprint density at radius 2 is 1.67 bits per heavy atom. The molecule has 0 spiro atoms. The van der Waals surface area contributed by atoms with E-state index in [4.69, 9.17) is 18.9 Å². The van der Waals surface area contributed by atoms with E-state index >= 15 is 0 Å². The number of hydrogen-bond donors (Lipinski definition) is 2. The minimum atomic E-state index is -1.55. The van der Waals surface area contributed by atoms with Gasteiger partial charge >= 0.3 is 11.9 Å². The second kappa shape index (κ2) is 9.57. The number of ketones is 1. The quantitative estimate of drug-likeness (QED) is 0.373. The Labute approximate surface area is 249 Å². The molecular weight excluding hydrogens is 542 g/mol. The van der Waals surface area contributed by atoms with Crippen LogP contribution in [-0.2, 0) is 33.3 Å². The summed E-state index contributed by atoms with van der Waals surface area (Å²) in [6, 6.07) is -0.252. The van der Waals surface area contributed by atoms with E-state index < -0.39 is 75.9 Å². The van der Waals surface area contributed by atoms with Gasteiger partial charge in [-0.3, -0.25) is 14.5 Å². The molecule has 8 unspecified atom stereocenters. The van der Waals surface area contributed by atoms with Gasteiger partial charge in [-0.1, -0.05) is 34.6 Å². The third-order valence-electron chi connectivity index (χ3n) is 12.4. The largest absolute Gasteiger partial charge is 0.456 e. The second-order valence-electron chi connectivity index (χ2n) is 14.9. The molecule has 11 atom stereocenters. The standard InChI is InChI=1S/C32H49NO9/c1-15-12-21-31(37,14-39-21)25-17(3)32(38)13-20(41-27(36)23-18(4)33(11)29(8,9)42-23)16(2)22(28(32,6)7)24(40-19(5)34)26(35)30(15,25)10/h15,17-18,20-21,23-25,37-38H,12-14H2,1-11H3/t15-,17?,18?,20?,21?,23?,24?,25?,30+,31-,32?/m0/s1. The monoisotopic (exact) mass is 591 g/mol. The lowest BCUT2D eigenvalue weighted by atomic mass is 9.41. The number of rotatable bonds is 3. The van der Waals surface area contributed by atoms with Crippen molar-refractivity contribution in [1.29, 1.82) is 0 Å². The normalized spacial score (nSPS) is 47.9. The van der Waals surface area contributed by atoms with Crippen molar-refractivity contribution in [2.24, 2.45) is 28.6 Å². The lowest BCUT2D eigenvalue weighted by Gasteiger charge is -2.68. The van der Waals surface area contributed by atoms with E-state index in [1.807, 2.05) is 67.3 Å². The van der Waals surface area contributed by atoms with Crippen molar-refractivity contribution in [3.8, 4) is 0 Å². The molecule has 0 aromatic carbocycles. The van der Waals surface area contributed by atoms with Crippen LogP contribution in [0, 0.1) is 28.6 Å². The Morgan fingerprint density at radius 1 is 1.05 bits per heavy atom. The molecule has 0 radical (unpaired) electrons. The number of Topliss-reactive ketones (excluding diaryl/α,β-unsaturated/α-hetero) is 1. The number of fused-ring (bicyclic) bond motifs is 5. The highest BCUT2D eigenvalue weighted by Gasteiger charge is 2.74. The van der Waals surface area contributed by atoms with Gasteiger partial charge in [-0.2, -0.15) is 0 Å². The summed E-state index contributed by atoms with van der Waals surface area (Å²) >= 11 is 0. The van der Waals surface area contributed by atoms with Gasteiger partial charge in [0, 0.05) is 36.1 Å². The first-order valence-corrected chi connectivity index (χ1v) is 15.3. The smallest absolute Gasteiger partial charge is 0.337 e. The van der Waals surface area contributed by atoms with Crippen molar-refractivity contribution >= 4 is 17.7 Å². The van der Waals surface area contributed by atoms with Gasteiger partial charge in [0.05, 0.1) is 18.3 Å². The third-order valence-corrected chi connectivity index (χ3v) is 12.4. The van der Waals surface area contributed by atoms with Gasteiger partial charge in [0.25, 0.3) is 0 Å². The lowest BCUT2D eigenvalue weighted by Crippen LogP contribution is -2.77. The minimum absolute atomic E-state index is 0.0477. The van der Waals surface area contributed by atoms with E-state index in [9.17, 15) is 24.6 Å². The highest BCUT2D eigenvalue weighted by atomic mass is 16.6. The number of nitrogens with zero attached hydrogens (tertiary/aromatic N) is 1. The van der Waals surface area contributed by atoms with Crippen LogP contribution >= 0.6 is 0 Å². The number of carbonyl (C=O) groups excluding carboxylic acids is 3. The Bertz CT molecular complexity index is 1230. The van der Waals surface area contributed by atoms with Crippen molar-refractivity contribution in [1.82, 2.24) is 4.90 Å². The maximum Gasteiger partial charge on any atom is 0.337 e. The molecule has 42 heavy (non-hydrogen) atoms. The molecule has 2 aliphatic heterocycles. The van der Waals surface area contributed by atoms with Crippen LogP contribution in [-0.4, -0.2) is 93.9 Å². The molecule has 236 valence electrons. The van der Waals surface area contributed by atoms with E-state index in [1.165, 1.54) is 6.92 Å². The molecular formula is C32H49NO9. The predicted molar refractivity (Wildman–Crippen MR) is 152 cm³/mol. The Kier molecular flexibility index (Phi) is 7.20. The third kappa shape index (κ3) is 3.97. The molecule has 2 N–H and O–H groups in total. The first-order chi connectivity index (χ1) is 19.2. The highest BCUT2D eigenvalue weighted by Crippen LogP contribution is 2.65. The summed E-state index contributed by atoms with van der Waals surface area (Å²) in [6.07, 6.45) is -3.02. The molecule has 4 fully saturated rings. The van der Waals surface area contributed by atoms with E-state index in [-0.39, 0.29) is 30.8 Å². The second-order valence-corrected chi connectivity index (χ2v) is 14.9. The molecule has 2 heterocycles. The first-order valence-electron chi connectivity index (χ1n) is 15.3. The SMILES string of the molecule is CC(=O)OC1C(=O)[C@@]2(C)C(C(C)C3(O)CC(OC(=O)C4OC(C)(C)N(C)C4C)C(C)=C1C3(C)C)[C@]1(O)COC1C[C@@H]2C. The molecule has 10 nitrogen and oxygen atoms in total. The fraction of sp³-hybridized carbons (Fsp3) is 0.844. The van der Waals surface area contributed by atoms with E-state index in [0.717, 1.165) is 0 Å². The summed E-state index contributed by atoms with van der Waals surface area (Å²) in [5, 5.41) is 25.0. The van der Waals surface area contributed by atoms with Crippen molar-refractivity contribution < 1.29 is 43.5 Å². The minimum Gasteiger partial charge on any atom is -0.456 e. The van der Waals surface area contributed by atoms with Crippen LogP contribution < -0.4 is 0 Å². The average molecular weight is 592 g/mol.